The maximum atomic E-state index is 5.70. The van der Waals surface area contributed by atoms with Crippen molar-refractivity contribution in [3.05, 3.63) is 45.9 Å². The lowest BCUT2D eigenvalue weighted by Crippen LogP contribution is -2.39. The Balaban J connectivity index is 1.61. The maximum Gasteiger partial charge on any atom is 0.191 e. The summed E-state index contributed by atoms with van der Waals surface area (Å²) >= 11 is 1.68. The minimum absolute atomic E-state index is 0.529. The van der Waals surface area contributed by atoms with E-state index in [4.69, 9.17) is 9.47 Å². The fourth-order valence-corrected chi connectivity index (χ4v) is 2.95. The molecule has 0 saturated carbocycles. The molecule has 0 spiro atoms. The van der Waals surface area contributed by atoms with E-state index in [2.05, 4.69) is 26.0 Å². The average Bonchev–Trinajstić information content (AvgIpc) is 3.05. The molecule has 0 aliphatic heterocycles. The van der Waals surface area contributed by atoms with Gasteiger partial charge in [-0.05, 0) is 13.0 Å². The quantitative estimate of drug-likeness (QED) is 0.407. The van der Waals surface area contributed by atoms with Gasteiger partial charge in [0.25, 0.3) is 0 Å². The van der Waals surface area contributed by atoms with Crippen LogP contribution in [0.15, 0.2) is 34.6 Å². The van der Waals surface area contributed by atoms with Gasteiger partial charge in [-0.2, -0.15) is 0 Å². The first-order chi connectivity index (χ1) is 12.2. The number of hydrogen-bond acceptors (Lipinski definition) is 5. The van der Waals surface area contributed by atoms with Crippen molar-refractivity contribution in [2.24, 2.45) is 4.99 Å². The van der Waals surface area contributed by atoms with Crippen LogP contribution < -0.4 is 15.4 Å². The third-order valence-electron chi connectivity index (χ3n) is 3.55. The molecule has 2 aromatic rings. The average molecular weight is 362 g/mol. The number of aromatic nitrogens is 1. The molecule has 0 amide bonds. The van der Waals surface area contributed by atoms with Gasteiger partial charge in [0.15, 0.2) is 5.96 Å². The summed E-state index contributed by atoms with van der Waals surface area (Å²) in [6, 6.07) is 7.88. The van der Waals surface area contributed by atoms with Crippen molar-refractivity contribution in [1.29, 1.82) is 0 Å². The second kappa shape index (κ2) is 10.7. The molecule has 2 N–H and O–H groups in total. The highest BCUT2D eigenvalue weighted by molar-refractivity contribution is 7.09. The van der Waals surface area contributed by atoms with Gasteiger partial charge in [-0.3, -0.25) is 4.99 Å². The van der Waals surface area contributed by atoms with Crippen molar-refractivity contribution in [2.45, 2.75) is 20.0 Å². The standard InChI is InChI=1S/C18H26N4O2S/c1-14-22-16(13-25-14)8-9-20-18(19-2)21-10-11-24-12-15-6-4-5-7-17(15)23-3/h4-7,13H,8-12H2,1-3H3,(H2,19,20,21). The second-order valence-corrected chi connectivity index (χ2v) is 6.46. The van der Waals surface area contributed by atoms with Gasteiger partial charge in [0, 0.05) is 37.5 Å². The number of nitrogens with zero attached hydrogens (tertiary/aromatic N) is 2. The van der Waals surface area contributed by atoms with Crippen molar-refractivity contribution in [3.63, 3.8) is 0 Å². The van der Waals surface area contributed by atoms with E-state index < -0.39 is 0 Å². The van der Waals surface area contributed by atoms with Gasteiger partial charge >= 0.3 is 0 Å². The second-order valence-electron chi connectivity index (χ2n) is 5.40. The number of para-hydroxylation sites is 1. The van der Waals surface area contributed by atoms with Crippen LogP contribution >= 0.6 is 11.3 Å². The summed E-state index contributed by atoms with van der Waals surface area (Å²) in [5.74, 6) is 1.62. The number of nitrogens with one attached hydrogen (secondary N) is 2. The topological polar surface area (TPSA) is 67.8 Å². The largest absolute Gasteiger partial charge is 0.496 e. The first-order valence-electron chi connectivity index (χ1n) is 8.28. The number of thiazole rings is 1. The number of guanidine groups is 1. The Bertz CT molecular complexity index is 673. The van der Waals surface area contributed by atoms with E-state index in [1.54, 1.807) is 25.5 Å². The molecule has 1 aromatic heterocycles. The predicted molar refractivity (Wildman–Crippen MR) is 103 cm³/mol. The molecule has 1 aromatic carbocycles. The lowest BCUT2D eigenvalue weighted by atomic mass is 10.2. The van der Waals surface area contributed by atoms with Gasteiger partial charge in [0.2, 0.25) is 0 Å². The first-order valence-corrected chi connectivity index (χ1v) is 9.16. The summed E-state index contributed by atoms with van der Waals surface area (Å²) in [5.41, 5.74) is 2.16. The van der Waals surface area contributed by atoms with Gasteiger partial charge < -0.3 is 20.1 Å². The number of aryl methyl sites for hydroxylation is 1. The van der Waals surface area contributed by atoms with E-state index in [0.29, 0.717) is 19.8 Å². The summed E-state index contributed by atoms with van der Waals surface area (Å²) in [6.45, 7) is 4.62. The Morgan fingerprint density at radius 1 is 1.24 bits per heavy atom. The molecule has 136 valence electrons. The number of benzene rings is 1. The smallest absolute Gasteiger partial charge is 0.191 e. The molecule has 25 heavy (non-hydrogen) atoms. The zero-order chi connectivity index (χ0) is 17.9. The van der Waals surface area contributed by atoms with Gasteiger partial charge in [-0.15, -0.1) is 11.3 Å². The summed E-state index contributed by atoms with van der Waals surface area (Å²) in [7, 11) is 3.43. The summed E-state index contributed by atoms with van der Waals surface area (Å²) in [6.07, 6.45) is 0.884. The number of methoxy groups -OCH3 is 1. The summed E-state index contributed by atoms with van der Waals surface area (Å²) < 4.78 is 11.0. The van der Waals surface area contributed by atoms with Crippen LogP contribution in [0.25, 0.3) is 0 Å². The van der Waals surface area contributed by atoms with E-state index in [1.165, 1.54) is 0 Å². The normalized spacial score (nSPS) is 11.4. The van der Waals surface area contributed by atoms with Gasteiger partial charge in [-0.25, -0.2) is 4.98 Å². The molecule has 0 unspecified atom stereocenters. The van der Waals surface area contributed by atoms with E-state index in [1.807, 2.05) is 31.2 Å². The van der Waals surface area contributed by atoms with E-state index in [0.717, 1.165) is 40.9 Å². The van der Waals surface area contributed by atoms with Crippen LogP contribution in [0.4, 0.5) is 0 Å². The molecule has 0 fully saturated rings. The Kier molecular flexibility index (Phi) is 8.21. The lowest BCUT2D eigenvalue weighted by molar-refractivity contribution is 0.123. The third-order valence-corrected chi connectivity index (χ3v) is 4.38. The molecule has 0 bridgehead atoms. The minimum Gasteiger partial charge on any atom is -0.496 e. The van der Waals surface area contributed by atoms with Gasteiger partial charge in [0.1, 0.15) is 5.75 Å². The highest BCUT2D eigenvalue weighted by Gasteiger charge is 2.02. The van der Waals surface area contributed by atoms with Gasteiger partial charge in [0.05, 0.1) is 31.0 Å². The Hall–Kier alpha value is -2.12. The van der Waals surface area contributed by atoms with Crippen molar-refractivity contribution in [2.75, 3.05) is 33.9 Å². The fourth-order valence-electron chi connectivity index (χ4n) is 2.30. The molecule has 0 radical (unpaired) electrons. The van der Waals surface area contributed by atoms with Crippen LogP contribution in [0.2, 0.25) is 0 Å². The van der Waals surface area contributed by atoms with E-state index in [9.17, 15) is 0 Å². The highest BCUT2D eigenvalue weighted by atomic mass is 32.1. The molecule has 0 aliphatic carbocycles. The Morgan fingerprint density at radius 2 is 2.04 bits per heavy atom. The van der Waals surface area contributed by atoms with Crippen molar-refractivity contribution >= 4 is 17.3 Å². The molecule has 7 heteroatoms. The van der Waals surface area contributed by atoms with Crippen molar-refractivity contribution in [1.82, 2.24) is 15.6 Å². The van der Waals surface area contributed by atoms with E-state index >= 15 is 0 Å². The summed E-state index contributed by atoms with van der Waals surface area (Å²) in [5, 5.41) is 9.72. The van der Waals surface area contributed by atoms with Gasteiger partial charge in [-0.1, -0.05) is 18.2 Å². The number of ether oxygens (including phenoxy) is 2. The molecule has 0 aliphatic rings. The number of hydrogen-bond donors (Lipinski definition) is 2. The predicted octanol–water partition coefficient (Wildman–Crippen LogP) is 2.38. The minimum atomic E-state index is 0.529. The zero-order valence-electron chi connectivity index (χ0n) is 15.0. The molecule has 2 rings (SSSR count). The summed E-state index contributed by atoms with van der Waals surface area (Å²) in [4.78, 5) is 8.66. The molecule has 0 atom stereocenters. The van der Waals surface area contributed by atoms with Crippen LogP contribution in [0.5, 0.6) is 5.75 Å². The molecule has 1 heterocycles. The number of aliphatic imine (C=N–C) groups is 1. The SMILES string of the molecule is CN=C(NCCOCc1ccccc1OC)NCCc1csc(C)n1. The van der Waals surface area contributed by atoms with E-state index in [-0.39, 0.29) is 0 Å². The van der Waals surface area contributed by atoms with Crippen LogP contribution in [0, 0.1) is 6.92 Å². The third kappa shape index (κ3) is 6.72. The number of rotatable bonds is 9. The van der Waals surface area contributed by atoms with Crippen LogP contribution in [0.1, 0.15) is 16.3 Å². The van der Waals surface area contributed by atoms with Crippen LogP contribution in [0.3, 0.4) is 0 Å². The maximum absolute atomic E-state index is 5.70. The van der Waals surface area contributed by atoms with Crippen molar-refractivity contribution < 1.29 is 9.47 Å². The van der Waals surface area contributed by atoms with Crippen LogP contribution in [-0.2, 0) is 17.8 Å². The molecular weight excluding hydrogens is 336 g/mol. The molecular formula is C18H26N4O2S. The zero-order valence-corrected chi connectivity index (χ0v) is 15.9. The Labute approximate surface area is 153 Å². The first kappa shape index (κ1) is 19.2. The molecule has 6 nitrogen and oxygen atoms in total. The highest BCUT2D eigenvalue weighted by Crippen LogP contribution is 2.17. The lowest BCUT2D eigenvalue weighted by Gasteiger charge is -2.12. The fraction of sp³-hybridized carbons (Fsp3) is 0.444. The van der Waals surface area contributed by atoms with Crippen molar-refractivity contribution in [3.8, 4) is 5.75 Å². The Morgan fingerprint density at radius 3 is 2.76 bits per heavy atom. The molecule has 0 saturated heterocycles. The monoisotopic (exact) mass is 362 g/mol. The van der Waals surface area contributed by atoms with Crippen LogP contribution in [-0.4, -0.2) is 44.8 Å².